The monoisotopic (exact) mass is 503 g/mol. The first-order valence-electron chi connectivity index (χ1n) is 10.9. The summed E-state index contributed by atoms with van der Waals surface area (Å²) in [5.41, 5.74) is 3.64. The van der Waals surface area contributed by atoms with E-state index in [2.05, 4.69) is 16.4 Å². The molecule has 36 heavy (non-hydrogen) atoms. The summed E-state index contributed by atoms with van der Waals surface area (Å²) in [6, 6.07) is 25.7. The predicted octanol–water partition coefficient (Wildman–Crippen LogP) is 7.35. The summed E-state index contributed by atoms with van der Waals surface area (Å²) in [5.74, 6) is -0.643. The van der Waals surface area contributed by atoms with E-state index in [0.717, 1.165) is 40.6 Å². The maximum absolute atomic E-state index is 13.0. The van der Waals surface area contributed by atoms with Gasteiger partial charge >= 0.3 is 6.18 Å². The molecule has 0 saturated heterocycles. The molecule has 3 aromatic carbocycles. The van der Waals surface area contributed by atoms with Gasteiger partial charge in [0.25, 0.3) is 0 Å². The first-order chi connectivity index (χ1) is 17.2. The zero-order valence-electron chi connectivity index (χ0n) is 19.1. The lowest BCUT2D eigenvalue weighted by molar-refractivity contribution is -0.137. The second-order valence-corrected chi connectivity index (χ2v) is 8.96. The van der Waals surface area contributed by atoms with Crippen LogP contribution in [0.5, 0.6) is 0 Å². The maximum atomic E-state index is 13.0. The van der Waals surface area contributed by atoms with E-state index in [9.17, 15) is 23.2 Å². The molecule has 1 heterocycles. The highest BCUT2D eigenvalue weighted by Gasteiger charge is 2.30. The lowest BCUT2D eigenvalue weighted by atomic mass is 9.99. The number of nitriles is 1. The third kappa shape index (κ3) is 5.93. The van der Waals surface area contributed by atoms with Crippen molar-refractivity contribution in [3.8, 4) is 28.5 Å². The molecule has 0 atom stereocenters. The van der Waals surface area contributed by atoms with Gasteiger partial charge in [-0.15, -0.1) is 0 Å². The number of aromatic nitrogens is 1. The molecule has 0 bridgehead atoms. The molecule has 0 aliphatic rings. The molecular formula is C28H20F3N3OS. The average molecular weight is 504 g/mol. The predicted molar refractivity (Wildman–Crippen MR) is 135 cm³/mol. The highest BCUT2D eigenvalue weighted by molar-refractivity contribution is 8.00. The van der Waals surface area contributed by atoms with E-state index in [0.29, 0.717) is 21.8 Å². The minimum absolute atomic E-state index is 0.0438. The third-order valence-corrected chi connectivity index (χ3v) is 6.32. The first kappa shape index (κ1) is 25.0. The Bertz CT molecular complexity index is 1430. The number of alkyl halides is 3. The number of hydrogen-bond acceptors (Lipinski definition) is 4. The number of rotatable bonds is 6. The average Bonchev–Trinajstić information content (AvgIpc) is 2.87. The van der Waals surface area contributed by atoms with Crippen molar-refractivity contribution in [2.45, 2.75) is 18.1 Å². The molecule has 4 nitrogen and oxygen atoms in total. The van der Waals surface area contributed by atoms with Crippen molar-refractivity contribution in [2.24, 2.45) is 0 Å². The van der Waals surface area contributed by atoms with Crippen molar-refractivity contribution in [3.05, 3.63) is 102 Å². The van der Waals surface area contributed by atoms with E-state index in [1.54, 1.807) is 0 Å². The Morgan fingerprint density at radius 3 is 2.36 bits per heavy atom. The maximum Gasteiger partial charge on any atom is 0.416 e. The van der Waals surface area contributed by atoms with Crippen LogP contribution in [0, 0.1) is 18.3 Å². The number of thioether (sulfide) groups is 1. The van der Waals surface area contributed by atoms with Crippen LogP contribution in [0.25, 0.3) is 22.4 Å². The van der Waals surface area contributed by atoms with Gasteiger partial charge in [0.15, 0.2) is 0 Å². The van der Waals surface area contributed by atoms with Crippen LogP contribution in [0.15, 0.2) is 90.0 Å². The second kappa shape index (κ2) is 10.7. The smallest absolute Gasteiger partial charge is 0.325 e. The zero-order chi connectivity index (χ0) is 25.7. The molecule has 4 rings (SSSR count). The molecule has 0 fully saturated rings. The van der Waals surface area contributed by atoms with E-state index >= 15 is 0 Å². The standard InChI is InChI=1S/C28H20F3N3OS/c1-18-10-12-20(13-11-18)25-15-23(19-6-3-2-4-7-19)24(16-32)27(34-25)36-17-26(35)33-22-9-5-8-21(14-22)28(29,30)31/h2-15H,17H2,1H3,(H,33,35). The van der Waals surface area contributed by atoms with Gasteiger partial charge < -0.3 is 5.32 Å². The van der Waals surface area contributed by atoms with Gasteiger partial charge in [-0.05, 0) is 36.8 Å². The topological polar surface area (TPSA) is 65.8 Å². The van der Waals surface area contributed by atoms with Crippen LogP contribution < -0.4 is 5.32 Å². The van der Waals surface area contributed by atoms with Crippen molar-refractivity contribution in [3.63, 3.8) is 0 Å². The minimum Gasteiger partial charge on any atom is -0.325 e. The Morgan fingerprint density at radius 2 is 1.69 bits per heavy atom. The number of nitrogens with zero attached hydrogens (tertiary/aromatic N) is 2. The van der Waals surface area contributed by atoms with E-state index < -0.39 is 17.6 Å². The molecule has 8 heteroatoms. The van der Waals surface area contributed by atoms with Gasteiger partial charge in [-0.3, -0.25) is 4.79 Å². The normalized spacial score (nSPS) is 11.1. The largest absolute Gasteiger partial charge is 0.416 e. The summed E-state index contributed by atoms with van der Waals surface area (Å²) in [6.45, 7) is 1.98. The lowest BCUT2D eigenvalue weighted by Gasteiger charge is -2.13. The highest BCUT2D eigenvalue weighted by atomic mass is 32.2. The molecule has 1 amide bonds. The SMILES string of the molecule is Cc1ccc(-c2cc(-c3ccccc3)c(C#N)c(SCC(=O)Nc3cccc(C(F)(F)F)c3)n2)cc1. The van der Waals surface area contributed by atoms with Gasteiger partial charge in [0, 0.05) is 16.8 Å². The van der Waals surface area contributed by atoms with Crippen molar-refractivity contribution < 1.29 is 18.0 Å². The fourth-order valence-electron chi connectivity index (χ4n) is 3.56. The van der Waals surface area contributed by atoms with Crippen molar-refractivity contribution in [1.29, 1.82) is 5.26 Å². The molecule has 0 aliphatic carbocycles. The highest BCUT2D eigenvalue weighted by Crippen LogP contribution is 2.35. The Kier molecular flexibility index (Phi) is 7.41. The van der Waals surface area contributed by atoms with Crippen LogP contribution in [-0.4, -0.2) is 16.6 Å². The first-order valence-corrected chi connectivity index (χ1v) is 11.9. The Labute approximate surface area is 210 Å². The van der Waals surface area contributed by atoms with Crippen molar-refractivity contribution in [1.82, 2.24) is 4.98 Å². The fraction of sp³-hybridized carbons (Fsp3) is 0.107. The number of aryl methyl sites for hydroxylation is 1. The summed E-state index contributed by atoms with van der Waals surface area (Å²) < 4.78 is 38.9. The van der Waals surface area contributed by atoms with Gasteiger partial charge in [-0.25, -0.2) is 4.98 Å². The quantitative estimate of drug-likeness (QED) is 0.280. The molecule has 0 radical (unpaired) electrons. The molecule has 1 N–H and O–H groups in total. The van der Waals surface area contributed by atoms with Gasteiger partial charge in [-0.1, -0.05) is 78.0 Å². The molecule has 4 aromatic rings. The van der Waals surface area contributed by atoms with E-state index in [-0.39, 0.29) is 11.4 Å². The Morgan fingerprint density at radius 1 is 0.972 bits per heavy atom. The number of halogens is 3. The van der Waals surface area contributed by atoms with Crippen LogP contribution in [-0.2, 0) is 11.0 Å². The number of hydrogen-bond donors (Lipinski definition) is 1. The molecule has 1 aromatic heterocycles. The van der Waals surface area contributed by atoms with Gasteiger partial charge in [0.2, 0.25) is 5.91 Å². The van der Waals surface area contributed by atoms with Gasteiger partial charge in [0.1, 0.15) is 11.1 Å². The van der Waals surface area contributed by atoms with Crippen LogP contribution >= 0.6 is 11.8 Å². The number of amides is 1. The van der Waals surface area contributed by atoms with Crippen LogP contribution in [0.2, 0.25) is 0 Å². The molecule has 180 valence electrons. The number of carbonyl (C=O) groups excluding carboxylic acids is 1. The van der Waals surface area contributed by atoms with Crippen molar-refractivity contribution >= 4 is 23.4 Å². The molecule has 0 spiro atoms. The summed E-state index contributed by atoms with van der Waals surface area (Å²) in [7, 11) is 0. The van der Waals surface area contributed by atoms with Gasteiger partial charge in [0.05, 0.1) is 22.6 Å². The Hall–Kier alpha value is -4.09. The molecule has 0 aliphatic heterocycles. The molecular weight excluding hydrogens is 483 g/mol. The van der Waals surface area contributed by atoms with Crippen LogP contribution in [0.4, 0.5) is 18.9 Å². The summed E-state index contributed by atoms with van der Waals surface area (Å²) >= 11 is 1.06. The summed E-state index contributed by atoms with van der Waals surface area (Å²) in [5, 5.41) is 12.8. The summed E-state index contributed by atoms with van der Waals surface area (Å²) in [6.07, 6.45) is -4.51. The Balaban J connectivity index is 1.64. The van der Waals surface area contributed by atoms with Crippen molar-refractivity contribution in [2.75, 3.05) is 11.1 Å². The zero-order valence-corrected chi connectivity index (χ0v) is 20.0. The number of anilines is 1. The second-order valence-electron chi connectivity index (χ2n) is 7.99. The van der Waals surface area contributed by atoms with Crippen LogP contribution in [0.3, 0.4) is 0 Å². The lowest BCUT2D eigenvalue weighted by Crippen LogP contribution is -2.15. The van der Waals surface area contributed by atoms with E-state index in [1.807, 2.05) is 67.6 Å². The van der Waals surface area contributed by atoms with Gasteiger partial charge in [-0.2, -0.15) is 18.4 Å². The molecule has 0 saturated carbocycles. The number of nitrogens with one attached hydrogen (secondary N) is 1. The number of carbonyl (C=O) groups is 1. The molecule has 0 unspecified atom stereocenters. The number of benzene rings is 3. The van der Waals surface area contributed by atoms with Crippen LogP contribution in [0.1, 0.15) is 16.7 Å². The minimum atomic E-state index is -4.51. The third-order valence-electron chi connectivity index (χ3n) is 5.34. The summed E-state index contributed by atoms with van der Waals surface area (Å²) in [4.78, 5) is 17.2. The van der Waals surface area contributed by atoms with E-state index in [1.165, 1.54) is 12.1 Å². The fourth-order valence-corrected chi connectivity index (χ4v) is 4.36. The number of pyridine rings is 1. The van der Waals surface area contributed by atoms with E-state index in [4.69, 9.17) is 0 Å².